The molecule has 0 saturated carbocycles. The lowest BCUT2D eigenvalue weighted by atomic mass is 10.2. The minimum atomic E-state index is -2.94. The first-order valence-corrected chi connectivity index (χ1v) is 9.32. The summed E-state index contributed by atoms with van der Waals surface area (Å²) in [6, 6.07) is 5.36. The van der Waals surface area contributed by atoms with Crippen molar-refractivity contribution in [2.75, 3.05) is 22.1 Å². The van der Waals surface area contributed by atoms with Crippen molar-refractivity contribution in [3.8, 4) is 0 Å². The second kappa shape index (κ2) is 6.29. The molecule has 1 aromatic carbocycles. The summed E-state index contributed by atoms with van der Waals surface area (Å²) in [7, 11) is -2.94. The number of sulfone groups is 1. The average molecular weight is 354 g/mol. The van der Waals surface area contributed by atoms with Crippen LogP contribution in [0.5, 0.6) is 0 Å². The first-order valence-electron chi connectivity index (χ1n) is 7.12. The predicted molar refractivity (Wildman–Crippen MR) is 90.0 cm³/mol. The number of nitrogens with one attached hydrogen (secondary N) is 2. The Bertz CT molecular complexity index is 828. The molecule has 1 unspecified atom stereocenters. The van der Waals surface area contributed by atoms with E-state index in [2.05, 4.69) is 25.8 Å². The van der Waals surface area contributed by atoms with E-state index in [1.165, 1.54) is 6.20 Å². The van der Waals surface area contributed by atoms with Crippen LogP contribution in [-0.4, -0.2) is 41.1 Å². The van der Waals surface area contributed by atoms with Gasteiger partial charge in [-0.15, -0.1) is 5.10 Å². The Hall–Kier alpha value is -1.93. The highest BCUT2D eigenvalue weighted by Gasteiger charge is 2.28. The van der Waals surface area contributed by atoms with Crippen molar-refractivity contribution >= 4 is 38.9 Å². The molecule has 9 heteroatoms. The molecule has 1 aliphatic rings. The Balaban J connectivity index is 1.74. The van der Waals surface area contributed by atoms with Gasteiger partial charge in [0.15, 0.2) is 15.7 Å². The third kappa shape index (κ3) is 3.89. The smallest absolute Gasteiger partial charge is 0.249 e. The van der Waals surface area contributed by atoms with E-state index < -0.39 is 9.84 Å². The highest BCUT2D eigenvalue weighted by Crippen LogP contribution is 2.25. The van der Waals surface area contributed by atoms with Crippen LogP contribution in [0.4, 0.5) is 17.5 Å². The minimum Gasteiger partial charge on any atom is -0.365 e. The van der Waals surface area contributed by atoms with Crippen LogP contribution in [0.1, 0.15) is 12.0 Å². The molecule has 3 rings (SSSR count). The standard InChI is InChI=1S/C14H16ClN5O2S/c1-9-11(15)3-2-4-12(9)18-14-19-13(7-16-20-14)17-10-5-6-23(21,22)8-10/h2-4,7,10H,5-6,8H2,1H3,(H2,17,18,19,20). The summed E-state index contributed by atoms with van der Waals surface area (Å²) in [6.45, 7) is 1.89. The lowest BCUT2D eigenvalue weighted by molar-refractivity contribution is 0.602. The fourth-order valence-electron chi connectivity index (χ4n) is 2.41. The zero-order valence-corrected chi connectivity index (χ0v) is 14.0. The van der Waals surface area contributed by atoms with Gasteiger partial charge in [0.25, 0.3) is 0 Å². The third-order valence-corrected chi connectivity index (χ3v) is 5.83. The van der Waals surface area contributed by atoms with Gasteiger partial charge in [-0.05, 0) is 31.0 Å². The van der Waals surface area contributed by atoms with Crippen LogP contribution in [0.2, 0.25) is 5.02 Å². The first-order chi connectivity index (χ1) is 10.9. The van der Waals surface area contributed by atoms with Gasteiger partial charge < -0.3 is 10.6 Å². The number of rotatable bonds is 4. The van der Waals surface area contributed by atoms with Gasteiger partial charge in [0, 0.05) is 16.8 Å². The molecule has 0 bridgehead atoms. The van der Waals surface area contributed by atoms with Gasteiger partial charge in [-0.25, -0.2) is 8.42 Å². The van der Waals surface area contributed by atoms with Crippen molar-refractivity contribution in [3.05, 3.63) is 35.0 Å². The van der Waals surface area contributed by atoms with E-state index in [0.29, 0.717) is 23.2 Å². The Morgan fingerprint density at radius 2 is 2.17 bits per heavy atom. The van der Waals surface area contributed by atoms with Crippen LogP contribution in [0.3, 0.4) is 0 Å². The SMILES string of the molecule is Cc1c(Cl)cccc1Nc1nncc(NC2CCS(=O)(=O)C2)n1. The van der Waals surface area contributed by atoms with Crippen molar-refractivity contribution in [2.24, 2.45) is 0 Å². The number of halogens is 1. The number of benzene rings is 1. The third-order valence-electron chi connectivity index (χ3n) is 3.66. The molecule has 1 aliphatic heterocycles. The van der Waals surface area contributed by atoms with Gasteiger partial charge in [-0.3, -0.25) is 0 Å². The van der Waals surface area contributed by atoms with Crippen molar-refractivity contribution in [1.29, 1.82) is 0 Å². The van der Waals surface area contributed by atoms with Gasteiger partial charge in [-0.1, -0.05) is 17.7 Å². The van der Waals surface area contributed by atoms with Gasteiger partial charge >= 0.3 is 0 Å². The topological polar surface area (TPSA) is 96.9 Å². The van der Waals surface area contributed by atoms with E-state index in [1.807, 2.05) is 19.1 Å². The van der Waals surface area contributed by atoms with Crippen molar-refractivity contribution in [2.45, 2.75) is 19.4 Å². The number of nitrogens with zero attached hydrogens (tertiary/aromatic N) is 3. The molecule has 1 atom stereocenters. The van der Waals surface area contributed by atoms with Crippen LogP contribution in [0.25, 0.3) is 0 Å². The molecule has 1 saturated heterocycles. The maximum Gasteiger partial charge on any atom is 0.249 e. The fraction of sp³-hybridized carbons (Fsp3) is 0.357. The summed E-state index contributed by atoms with van der Waals surface area (Å²) in [5.41, 5.74) is 1.68. The lowest BCUT2D eigenvalue weighted by Gasteiger charge is -2.12. The number of aromatic nitrogens is 3. The van der Waals surface area contributed by atoms with Crippen LogP contribution in [0, 0.1) is 6.92 Å². The van der Waals surface area contributed by atoms with Crippen LogP contribution >= 0.6 is 11.6 Å². The first kappa shape index (κ1) is 15.9. The molecule has 0 spiro atoms. The number of hydrogen-bond acceptors (Lipinski definition) is 7. The summed E-state index contributed by atoms with van der Waals surface area (Å²) in [6.07, 6.45) is 2.05. The average Bonchev–Trinajstić information content (AvgIpc) is 2.83. The molecule has 0 amide bonds. The molecule has 2 aromatic rings. The van der Waals surface area contributed by atoms with Gasteiger partial charge in [0.05, 0.1) is 17.7 Å². The van der Waals surface area contributed by atoms with Gasteiger partial charge in [0.2, 0.25) is 5.95 Å². The summed E-state index contributed by atoms with van der Waals surface area (Å²) in [5.74, 6) is 1.13. The van der Waals surface area contributed by atoms with Gasteiger partial charge in [-0.2, -0.15) is 10.1 Å². The summed E-state index contributed by atoms with van der Waals surface area (Å²) in [5, 5.41) is 14.6. The van der Waals surface area contributed by atoms with E-state index in [1.54, 1.807) is 6.07 Å². The van der Waals surface area contributed by atoms with E-state index in [4.69, 9.17) is 11.6 Å². The number of anilines is 3. The van der Waals surface area contributed by atoms with Gasteiger partial charge in [0.1, 0.15) is 0 Å². The Labute approximate surface area is 139 Å². The maximum atomic E-state index is 11.5. The maximum absolute atomic E-state index is 11.5. The second-order valence-electron chi connectivity index (χ2n) is 5.45. The highest BCUT2D eigenvalue weighted by atomic mass is 35.5. The normalized spacial score (nSPS) is 19.5. The van der Waals surface area contributed by atoms with Crippen molar-refractivity contribution in [3.63, 3.8) is 0 Å². The molecule has 1 fully saturated rings. The summed E-state index contributed by atoms with van der Waals surface area (Å²) < 4.78 is 23.0. The molecular formula is C14H16ClN5O2S. The Morgan fingerprint density at radius 1 is 1.35 bits per heavy atom. The Morgan fingerprint density at radius 3 is 2.91 bits per heavy atom. The zero-order valence-electron chi connectivity index (χ0n) is 12.5. The quantitative estimate of drug-likeness (QED) is 0.869. The molecule has 2 heterocycles. The molecule has 0 radical (unpaired) electrons. The van der Waals surface area contributed by atoms with E-state index in [9.17, 15) is 8.42 Å². The van der Waals surface area contributed by atoms with Crippen LogP contribution < -0.4 is 10.6 Å². The fourth-order valence-corrected chi connectivity index (χ4v) is 4.26. The monoisotopic (exact) mass is 353 g/mol. The predicted octanol–water partition coefficient (Wildman–Crippen LogP) is 2.18. The Kier molecular flexibility index (Phi) is 4.36. The molecular weight excluding hydrogens is 338 g/mol. The van der Waals surface area contributed by atoms with E-state index in [0.717, 1.165) is 11.3 Å². The minimum absolute atomic E-state index is 0.118. The highest BCUT2D eigenvalue weighted by molar-refractivity contribution is 7.91. The zero-order chi connectivity index (χ0) is 16.4. The molecule has 122 valence electrons. The largest absolute Gasteiger partial charge is 0.365 e. The van der Waals surface area contributed by atoms with E-state index >= 15 is 0 Å². The summed E-state index contributed by atoms with van der Waals surface area (Å²) in [4.78, 5) is 4.32. The number of hydrogen-bond donors (Lipinski definition) is 2. The van der Waals surface area contributed by atoms with Crippen LogP contribution in [0.15, 0.2) is 24.4 Å². The van der Waals surface area contributed by atoms with Crippen LogP contribution in [-0.2, 0) is 9.84 Å². The summed E-state index contributed by atoms with van der Waals surface area (Å²) >= 11 is 6.09. The molecule has 2 N–H and O–H groups in total. The molecule has 1 aromatic heterocycles. The lowest BCUT2D eigenvalue weighted by Crippen LogP contribution is -2.21. The second-order valence-corrected chi connectivity index (χ2v) is 8.08. The molecule has 0 aliphatic carbocycles. The molecule has 23 heavy (non-hydrogen) atoms. The van der Waals surface area contributed by atoms with Crippen molar-refractivity contribution in [1.82, 2.24) is 15.2 Å². The van der Waals surface area contributed by atoms with Crippen molar-refractivity contribution < 1.29 is 8.42 Å². The van der Waals surface area contributed by atoms with E-state index in [-0.39, 0.29) is 17.5 Å². The molecule has 7 nitrogen and oxygen atoms in total.